The van der Waals surface area contributed by atoms with E-state index in [2.05, 4.69) is 4.99 Å². The highest BCUT2D eigenvalue weighted by atomic mass is 16.5. The van der Waals surface area contributed by atoms with E-state index in [0.29, 0.717) is 5.71 Å². The largest absolute Gasteiger partial charge is 0.459 e. The van der Waals surface area contributed by atoms with E-state index in [9.17, 15) is 9.59 Å². The minimum absolute atomic E-state index is 0.0128. The Morgan fingerprint density at radius 2 is 1.81 bits per heavy atom. The Hall–Kier alpha value is -1.97. The molecule has 0 saturated carbocycles. The number of aliphatic imine (C=N–C) groups is 1. The molecule has 0 aliphatic carbocycles. The van der Waals surface area contributed by atoms with Gasteiger partial charge in [0.2, 0.25) is 5.91 Å². The molecule has 0 N–H and O–H groups in total. The maximum Gasteiger partial charge on any atom is 0.303 e. The first-order valence-electron chi connectivity index (χ1n) is 4.86. The highest BCUT2D eigenvalue weighted by Gasteiger charge is 2.06. The van der Waals surface area contributed by atoms with Crippen LogP contribution in [0.15, 0.2) is 35.3 Å². The summed E-state index contributed by atoms with van der Waals surface area (Å²) in [4.78, 5) is 25.5. The first-order chi connectivity index (χ1) is 7.59. The fourth-order valence-corrected chi connectivity index (χ4v) is 1.17. The van der Waals surface area contributed by atoms with Gasteiger partial charge >= 0.3 is 5.97 Å². The van der Waals surface area contributed by atoms with Crippen molar-refractivity contribution in [2.75, 3.05) is 6.61 Å². The van der Waals surface area contributed by atoms with E-state index in [0.717, 1.165) is 5.56 Å². The van der Waals surface area contributed by atoms with Gasteiger partial charge in [-0.1, -0.05) is 30.3 Å². The van der Waals surface area contributed by atoms with Crippen molar-refractivity contribution in [1.29, 1.82) is 0 Å². The summed E-state index contributed by atoms with van der Waals surface area (Å²) in [6.45, 7) is 2.69. The summed E-state index contributed by atoms with van der Waals surface area (Å²) in [6, 6.07) is 9.15. The second kappa shape index (κ2) is 5.80. The van der Waals surface area contributed by atoms with E-state index in [1.165, 1.54) is 13.8 Å². The van der Waals surface area contributed by atoms with Gasteiger partial charge < -0.3 is 4.74 Å². The van der Waals surface area contributed by atoms with E-state index in [1.54, 1.807) is 0 Å². The minimum atomic E-state index is -0.396. The van der Waals surface area contributed by atoms with Crippen molar-refractivity contribution in [2.45, 2.75) is 13.8 Å². The Bertz CT molecular complexity index is 410. The van der Waals surface area contributed by atoms with E-state index < -0.39 is 5.97 Å². The fourth-order valence-electron chi connectivity index (χ4n) is 1.17. The van der Waals surface area contributed by atoms with Crippen molar-refractivity contribution in [1.82, 2.24) is 0 Å². The molecule has 0 saturated heterocycles. The predicted molar refractivity (Wildman–Crippen MR) is 60.3 cm³/mol. The molecule has 0 aliphatic rings. The van der Waals surface area contributed by atoms with Crippen LogP contribution in [0.25, 0.3) is 0 Å². The van der Waals surface area contributed by atoms with Gasteiger partial charge in [0.1, 0.15) is 6.61 Å². The number of carbonyl (C=O) groups excluding carboxylic acids is 2. The SMILES string of the molecule is CC(=O)N=C(COC(C)=O)c1ccccc1. The maximum absolute atomic E-state index is 10.9. The van der Waals surface area contributed by atoms with Crippen LogP contribution in [0.1, 0.15) is 19.4 Å². The summed E-state index contributed by atoms with van der Waals surface area (Å²) < 4.78 is 4.84. The molecule has 1 aromatic rings. The Morgan fingerprint density at radius 3 is 2.31 bits per heavy atom. The van der Waals surface area contributed by atoms with Crippen molar-refractivity contribution >= 4 is 17.6 Å². The molecule has 4 nitrogen and oxygen atoms in total. The van der Waals surface area contributed by atoms with Gasteiger partial charge in [-0.3, -0.25) is 9.59 Å². The molecule has 0 spiro atoms. The number of nitrogens with zero attached hydrogens (tertiary/aromatic N) is 1. The summed E-state index contributed by atoms with van der Waals surface area (Å²) in [6.07, 6.45) is 0. The zero-order chi connectivity index (χ0) is 12.0. The molecule has 0 aliphatic heterocycles. The van der Waals surface area contributed by atoms with E-state index in [-0.39, 0.29) is 12.5 Å². The van der Waals surface area contributed by atoms with E-state index in [1.807, 2.05) is 30.3 Å². The van der Waals surface area contributed by atoms with Gasteiger partial charge in [0.25, 0.3) is 0 Å². The quantitative estimate of drug-likeness (QED) is 0.573. The van der Waals surface area contributed by atoms with Crippen molar-refractivity contribution in [3.05, 3.63) is 35.9 Å². The van der Waals surface area contributed by atoms with Crippen molar-refractivity contribution in [2.24, 2.45) is 4.99 Å². The highest BCUT2D eigenvalue weighted by Crippen LogP contribution is 2.02. The van der Waals surface area contributed by atoms with Gasteiger partial charge in [-0.25, -0.2) is 4.99 Å². The van der Waals surface area contributed by atoms with Gasteiger partial charge in [0.15, 0.2) is 0 Å². The summed E-state index contributed by atoms with van der Waals surface area (Å²) in [5.74, 6) is -0.710. The molecule has 1 amide bonds. The van der Waals surface area contributed by atoms with Crippen molar-refractivity contribution < 1.29 is 14.3 Å². The predicted octanol–water partition coefficient (Wildman–Crippen LogP) is 1.59. The molecule has 0 atom stereocenters. The Morgan fingerprint density at radius 1 is 1.19 bits per heavy atom. The van der Waals surface area contributed by atoms with Crippen LogP contribution >= 0.6 is 0 Å². The molecule has 84 valence electrons. The van der Waals surface area contributed by atoms with Crippen LogP contribution in [0.4, 0.5) is 0 Å². The van der Waals surface area contributed by atoms with Crippen LogP contribution < -0.4 is 0 Å². The van der Waals surface area contributed by atoms with Crippen LogP contribution in [-0.4, -0.2) is 24.2 Å². The third-order valence-electron chi connectivity index (χ3n) is 1.81. The number of hydrogen-bond acceptors (Lipinski definition) is 3. The van der Waals surface area contributed by atoms with Gasteiger partial charge in [-0.15, -0.1) is 0 Å². The molecule has 1 aromatic carbocycles. The van der Waals surface area contributed by atoms with Gasteiger partial charge in [-0.2, -0.15) is 0 Å². The molecule has 0 bridgehead atoms. The number of amides is 1. The summed E-state index contributed by atoms with van der Waals surface area (Å²) in [7, 11) is 0. The smallest absolute Gasteiger partial charge is 0.303 e. The fraction of sp³-hybridized carbons (Fsp3) is 0.250. The number of esters is 1. The monoisotopic (exact) mass is 219 g/mol. The third kappa shape index (κ3) is 4.04. The molecule has 1 rings (SSSR count). The van der Waals surface area contributed by atoms with Gasteiger partial charge in [0.05, 0.1) is 5.71 Å². The second-order valence-electron chi connectivity index (χ2n) is 3.22. The van der Waals surface area contributed by atoms with E-state index in [4.69, 9.17) is 4.74 Å². The third-order valence-corrected chi connectivity index (χ3v) is 1.81. The van der Waals surface area contributed by atoms with Gasteiger partial charge in [0, 0.05) is 13.8 Å². The lowest BCUT2D eigenvalue weighted by Crippen LogP contribution is -2.14. The van der Waals surface area contributed by atoms with Crippen LogP contribution in [0.2, 0.25) is 0 Å². The average Bonchev–Trinajstić information content (AvgIpc) is 2.25. The molecule has 0 unspecified atom stereocenters. The number of benzene rings is 1. The normalized spacial score (nSPS) is 11.0. The van der Waals surface area contributed by atoms with Crippen LogP contribution in [0.3, 0.4) is 0 Å². The standard InChI is InChI=1S/C12H13NO3/c1-9(14)13-12(8-16-10(2)15)11-6-4-3-5-7-11/h3-7H,8H2,1-2H3. The lowest BCUT2D eigenvalue weighted by molar-refractivity contribution is -0.139. The van der Waals surface area contributed by atoms with Crippen LogP contribution in [-0.2, 0) is 14.3 Å². The number of rotatable bonds is 3. The Balaban J connectivity index is 2.88. The van der Waals surface area contributed by atoms with E-state index >= 15 is 0 Å². The molecule has 0 fully saturated rings. The highest BCUT2D eigenvalue weighted by molar-refractivity contribution is 6.07. The minimum Gasteiger partial charge on any atom is -0.459 e. The van der Waals surface area contributed by atoms with Crippen molar-refractivity contribution in [3.8, 4) is 0 Å². The molecule has 0 aromatic heterocycles. The van der Waals surface area contributed by atoms with Crippen LogP contribution in [0.5, 0.6) is 0 Å². The maximum atomic E-state index is 10.9. The lowest BCUT2D eigenvalue weighted by Gasteiger charge is -2.05. The zero-order valence-electron chi connectivity index (χ0n) is 9.27. The molecule has 4 heteroatoms. The molecule has 16 heavy (non-hydrogen) atoms. The topological polar surface area (TPSA) is 55.7 Å². The lowest BCUT2D eigenvalue weighted by atomic mass is 10.1. The zero-order valence-corrected chi connectivity index (χ0v) is 9.27. The molecular formula is C12H13NO3. The first kappa shape index (κ1) is 12.1. The summed E-state index contributed by atoms with van der Waals surface area (Å²) >= 11 is 0. The van der Waals surface area contributed by atoms with Gasteiger partial charge in [-0.05, 0) is 5.56 Å². The number of hydrogen-bond donors (Lipinski definition) is 0. The van der Waals surface area contributed by atoms with Crippen molar-refractivity contribution in [3.63, 3.8) is 0 Å². The summed E-state index contributed by atoms with van der Waals surface area (Å²) in [5, 5.41) is 0. The second-order valence-corrected chi connectivity index (χ2v) is 3.22. The molecular weight excluding hydrogens is 206 g/mol. The number of carbonyl (C=O) groups is 2. The Kier molecular flexibility index (Phi) is 4.39. The molecule has 0 heterocycles. The summed E-state index contributed by atoms with van der Waals surface area (Å²) in [5.41, 5.74) is 1.24. The number of ether oxygens (including phenoxy) is 1. The van der Waals surface area contributed by atoms with Crippen LogP contribution in [0, 0.1) is 0 Å². The first-order valence-corrected chi connectivity index (χ1v) is 4.86. The average molecular weight is 219 g/mol. The Labute approximate surface area is 94.0 Å². The molecule has 0 radical (unpaired) electrons.